The van der Waals surface area contributed by atoms with Crippen LogP contribution in [0.25, 0.3) is 0 Å². The molecule has 154 valence electrons. The van der Waals surface area contributed by atoms with Gasteiger partial charge in [-0.3, -0.25) is 4.79 Å². The fourth-order valence-corrected chi connectivity index (χ4v) is 4.04. The van der Waals surface area contributed by atoms with Gasteiger partial charge in [-0.25, -0.2) is 4.39 Å². The Morgan fingerprint density at radius 3 is 2.80 bits per heavy atom. The summed E-state index contributed by atoms with van der Waals surface area (Å²) in [5.74, 6) is 0.405. The third-order valence-electron chi connectivity index (χ3n) is 4.86. The Kier molecular flexibility index (Phi) is 6.09. The molecule has 4 rings (SSSR count). The van der Waals surface area contributed by atoms with Gasteiger partial charge in [-0.15, -0.1) is 11.3 Å². The van der Waals surface area contributed by atoms with Gasteiger partial charge in [0.2, 0.25) is 0 Å². The molecule has 30 heavy (non-hydrogen) atoms. The zero-order valence-electron chi connectivity index (χ0n) is 16.5. The Morgan fingerprint density at radius 1 is 1.23 bits per heavy atom. The van der Waals surface area contributed by atoms with Crippen molar-refractivity contribution in [3.8, 4) is 5.75 Å². The summed E-state index contributed by atoms with van der Waals surface area (Å²) in [7, 11) is 1.62. The van der Waals surface area contributed by atoms with E-state index in [0.717, 1.165) is 22.6 Å². The minimum Gasteiger partial charge on any atom is -0.497 e. The third kappa shape index (κ3) is 4.68. The molecule has 0 radical (unpaired) electrons. The van der Waals surface area contributed by atoms with Crippen LogP contribution in [-0.4, -0.2) is 36.3 Å². The van der Waals surface area contributed by atoms with E-state index in [-0.39, 0.29) is 17.8 Å². The van der Waals surface area contributed by atoms with E-state index in [1.807, 2.05) is 41.8 Å². The van der Waals surface area contributed by atoms with Crippen molar-refractivity contribution in [3.63, 3.8) is 0 Å². The first-order chi connectivity index (χ1) is 14.6. The smallest absolute Gasteiger partial charge is 0.264 e. The highest BCUT2D eigenvalue weighted by molar-refractivity contribution is 7.12. The van der Waals surface area contributed by atoms with Crippen LogP contribution < -0.4 is 4.74 Å². The average molecular weight is 424 g/mol. The minimum atomic E-state index is -0.291. The van der Waals surface area contributed by atoms with Gasteiger partial charge in [0.05, 0.1) is 24.2 Å². The average Bonchev–Trinajstić information content (AvgIpc) is 3.46. The summed E-state index contributed by atoms with van der Waals surface area (Å²) >= 11 is 1.41. The summed E-state index contributed by atoms with van der Waals surface area (Å²) in [6.45, 7) is 0.821. The maximum Gasteiger partial charge on any atom is 0.264 e. The Hall–Kier alpha value is -3.19. The van der Waals surface area contributed by atoms with Crippen molar-refractivity contribution in [3.05, 3.63) is 87.9 Å². The molecule has 2 aromatic carbocycles. The molecule has 0 saturated heterocycles. The standard InChI is InChI=1S/C23H21FN2O3S/c1-28-19-5-2-4-16(12-19)14-26(23(27)22-6-3-11-30-22)15-20-13-21(25-29-20)17-7-9-18(24)10-8-17/h2-12,20H,13-15H2,1H3/t20-/m1/s1. The number of nitrogens with zero attached hydrogens (tertiary/aromatic N) is 2. The largest absolute Gasteiger partial charge is 0.497 e. The molecule has 0 bridgehead atoms. The molecule has 0 saturated carbocycles. The third-order valence-corrected chi connectivity index (χ3v) is 5.72. The number of oxime groups is 1. The van der Waals surface area contributed by atoms with Crippen LogP contribution in [0, 0.1) is 5.82 Å². The van der Waals surface area contributed by atoms with Crippen molar-refractivity contribution < 1.29 is 18.8 Å². The number of hydrogen-bond acceptors (Lipinski definition) is 5. The van der Waals surface area contributed by atoms with Crippen LogP contribution >= 0.6 is 11.3 Å². The zero-order chi connectivity index (χ0) is 20.9. The maximum absolute atomic E-state index is 13.2. The zero-order valence-corrected chi connectivity index (χ0v) is 17.3. The van der Waals surface area contributed by atoms with E-state index >= 15 is 0 Å². The number of ether oxygens (including phenoxy) is 1. The van der Waals surface area contributed by atoms with Crippen molar-refractivity contribution in [1.82, 2.24) is 4.90 Å². The Balaban J connectivity index is 1.48. The highest BCUT2D eigenvalue weighted by atomic mass is 32.1. The number of rotatable bonds is 7. The van der Waals surface area contributed by atoms with Crippen molar-refractivity contribution in [2.45, 2.75) is 19.1 Å². The Morgan fingerprint density at radius 2 is 2.07 bits per heavy atom. The van der Waals surface area contributed by atoms with E-state index in [1.54, 1.807) is 24.1 Å². The van der Waals surface area contributed by atoms with Gasteiger partial charge in [0.15, 0.2) is 6.10 Å². The molecule has 1 amide bonds. The second-order valence-electron chi connectivity index (χ2n) is 6.99. The van der Waals surface area contributed by atoms with E-state index in [4.69, 9.17) is 9.57 Å². The summed E-state index contributed by atoms with van der Waals surface area (Å²) < 4.78 is 18.5. The van der Waals surface area contributed by atoms with Crippen LogP contribution in [0.2, 0.25) is 0 Å². The normalized spacial score (nSPS) is 15.4. The van der Waals surface area contributed by atoms with Crippen molar-refractivity contribution in [2.75, 3.05) is 13.7 Å². The molecular formula is C23H21FN2O3S. The predicted octanol–water partition coefficient (Wildman–Crippen LogP) is 4.73. The lowest BCUT2D eigenvalue weighted by Crippen LogP contribution is -2.37. The van der Waals surface area contributed by atoms with Crippen molar-refractivity contribution in [2.24, 2.45) is 5.16 Å². The Bertz CT molecular complexity index is 1030. The predicted molar refractivity (Wildman–Crippen MR) is 114 cm³/mol. The second kappa shape index (κ2) is 9.09. The fraction of sp³-hybridized carbons (Fsp3) is 0.217. The van der Waals surface area contributed by atoms with E-state index < -0.39 is 0 Å². The second-order valence-corrected chi connectivity index (χ2v) is 7.94. The van der Waals surface area contributed by atoms with Crippen molar-refractivity contribution >= 4 is 23.0 Å². The van der Waals surface area contributed by atoms with Gasteiger partial charge >= 0.3 is 0 Å². The van der Waals surface area contributed by atoms with Gasteiger partial charge in [-0.1, -0.05) is 35.5 Å². The summed E-state index contributed by atoms with van der Waals surface area (Å²) in [6, 6.07) is 17.5. The first-order valence-corrected chi connectivity index (χ1v) is 10.4. The summed E-state index contributed by atoms with van der Waals surface area (Å²) in [4.78, 5) is 21.2. The minimum absolute atomic E-state index is 0.0494. The van der Waals surface area contributed by atoms with Crippen LogP contribution in [0.15, 0.2) is 71.2 Å². The number of amides is 1. The number of carbonyl (C=O) groups excluding carboxylic acids is 1. The van der Waals surface area contributed by atoms with E-state index in [2.05, 4.69) is 5.16 Å². The van der Waals surface area contributed by atoms with Gasteiger partial charge in [0.25, 0.3) is 5.91 Å². The monoisotopic (exact) mass is 424 g/mol. The van der Waals surface area contributed by atoms with Crippen LogP contribution in [0.1, 0.15) is 27.2 Å². The van der Waals surface area contributed by atoms with Gasteiger partial charge in [-0.2, -0.15) is 0 Å². The fourth-order valence-electron chi connectivity index (χ4n) is 3.35. The summed E-state index contributed by atoms with van der Waals surface area (Å²) in [5.41, 5.74) is 2.55. The number of benzene rings is 2. The molecule has 0 N–H and O–H groups in total. The lowest BCUT2D eigenvalue weighted by Gasteiger charge is -2.24. The van der Waals surface area contributed by atoms with Gasteiger partial charge < -0.3 is 14.5 Å². The van der Waals surface area contributed by atoms with Crippen LogP contribution in [0.5, 0.6) is 5.75 Å². The molecule has 5 nitrogen and oxygen atoms in total. The molecule has 0 aliphatic carbocycles. The molecule has 1 aliphatic heterocycles. The van der Waals surface area contributed by atoms with E-state index in [1.165, 1.54) is 23.5 Å². The summed E-state index contributed by atoms with van der Waals surface area (Å²) in [5, 5.41) is 6.05. The summed E-state index contributed by atoms with van der Waals surface area (Å²) in [6.07, 6.45) is 0.289. The lowest BCUT2D eigenvalue weighted by atomic mass is 10.0. The molecule has 1 aliphatic rings. The quantitative estimate of drug-likeness (QED) is 0.551. The molecule has 2 heterocycles. The van der Waals surface area contributed by atoms with Crippen LogP contribution in [-0.2, 0) is 11.4 Å². The SMILES string of the molecule is COc1cccc(CN(C[C@H]2CC(c3ccc(F)cc3)=NO2)C(=O)c2cccs2)c1. The van der Waals surface area contributed by atoms with E-state index in [9.17, 15) is 9.18 Å². The highest BCUT2D eigenvalue weighted by Gasteiger charge is 2.28. The van der Waals surface area contributed by atoms with Gasteiger partial charge in [0, 0.05) is 13.0 Å². The molecular weight excluding hydrogens is 403 g/mol. The molecule has 1 aromatic heterocycles. The first-order valence-electron chi connectivity index (χ1n) is 9.56. The number of carbonyl (C=O) groups is 1. The number of halogens is 1. The van der Waals surface area contributed by atoms with Gasteiger partial charge in [0.1, 0.15) is 11.6 Å². The molecule has 7 heteroatoms. The molecule has 0 unspecified atom stereocenters. The number of hydrogen-bond donors (Lipinski definition) is 0. The molecule has 3 aromatic rings. The van der Waals surface area contributed by atoms with Crippen LogP contribution in [0.4, 0.5) is 4.39 Å². The molecule has 1 atom stereocenters. The Labute approximate surface area is 178 Å². The number of methoxy groups -OCH3 is 1. The van der Waals surface area contributed by atoms with Crippen molar-refractivity contribution in [1.29, 1.82) is 0 Å². The van der Waals surface area contributed by atoms with E-state index in [0.29, 0.717) is 24.4 Å². The highest BCUT2D eigenvalue weighted by Crippen LogP contribution is 2.22. The van der Waals surface area contributed by atoms with Gasteiger partial charge in [-0.05, 0) is 46.8 Å². The topological polar surface area (TPSA) is 51.1 Å². The molecule has 0 fully saturated rings. The molecule has 0 spiro atoms. The maximum atomic E-state index is 13.2. The lowest BCUT2D eigenvalue weighted by molar-refractivity contribution is 0.0408. The van der Waals surface area contributed by atoms with Crippen LogP contribution in [0.3, 0.4) is 0 Å². The first kappa shape index (κ1) is 20.1. The number of thiophene rings is 1.